The van der Waals surface area contributed by atoms with Crippen molar-refractivity contribution in [2.75, 3.05) is 0 Å². The van der Waals surface area contributed by atoms with Crippen LogP contribution in [0.15, 0.2) is 58.1 Å². The molecule has 6 nitrogen and oxygen atoms in total. The third-order valence-corrected chi connectivity index (χ3v) is 3.12. The third-order valence-electron chi connectivity index (χ3n) is 2.59. The summed E-state index contributed by atoms with van der Waals surface area (Å²) in [7, 11) is 0. The van der Waals surface area contributed by atoms with E-state index in [0.29, 0.717) is 11.1 Å². The Morgan fingerprint density at radius 1 is 1.14 bits per heavy atom. The number of rotatable bonds is 4. The lowest BCUT2D eigenvalue weighted by Crippen LogP contribution is -2.17. The van der Waals surface area contributed by atoms with Gasteiger partial charge in [0.15, 0.2) is 0 Å². The highest BCUT2D eigenvalue weighted by Crippen LogP contribution is 2.11. The van der Waals surface area contributed by atoms with Crippen LogP contribution >= 0.6 is 15.9 Å². The Morgan fingerprint density at radius 3 is 2.33 bits per heavy atom. The summed E-state index contributed by atoms with van der Waals surface area (Å²) in [5.74, 6) is -0.333. The van der Waals surface area contributed by atoms with E-state index in [1.54, 1.807) is 36.4 Å². The topological polar surface area (TPSA) is 84.6 Å². The fraction of sp³-hybridized carbons (Fsp3) is 0. The van der Waals surface area contributed by atoms with Gasteiger partial charge in [0, 0.05) is 22.2 Å². The standard InChI is InChI=1S/C14H10BrN3O3/c15-12-5-3-11(4-6-12)14(19)17-16-9-10-1-7-13(8-2-10)18(20)21/h1-9H,(H,17,19)/b16-9-. The van der Waals surface area contributed by atoms with E-state index in [4.69, 9.17) is 0 Å². The number of carbonyl (C=O) groups excluding carboxylic acids is 1. The average Bonchev–Trinajstić information content (AvgIpc) is 2.48. The number of nitrogens with zero attached hydrogens (tertiary/aromatic N) is 2. The molecular formula is C14H10BrN3O3. The van der Waals surface area contributed by atoms with Gasteiger partial charge in [-0.3, -0.25) is 14.9 Å². The molecule has 106 valence electrons. The highest BCUT2D eigenvalue weighted by Gasteiger charge is 2.04. The van der Waals surface area contributed by atoms with E-state index in [9.17, 15) is 14.9 Å². The molecule has 1 amide bonds. The smallest absolute Gasteiger partial charge is 0.267 e. The highest BCUT2D eigenvalue weighted by molar-refractivity contribution is 9.10. The molecule has 0 unspecified atom stereocenters. The van der Waals surface area contributed by atoms with Crippen LogP contribution in [0.5, 0.6) is 0 Å². The van der Waals surface area contributed by atoms with Crippen LogP contribution in [-0.4, -0.2) is 17.0 Å². The molecule has 0 aromatic heterocycles. The molecular weight excluding hydrogens is 338 g/mol. The van der Waals surface area contributed by atoms with Gasteiger partial charge in [0.2, 0.25) is 0 Å². The van der Waals surface area contributed by atoms with Crippen LogP contribution in [0.25, 0.3) is 0 Å². The second kappa shape index (κ2) is 6.76. The summed E-state index contributed by atoms with van der Waals surface area (Å²) in [4.78, 5) is 21.8. The van der Waals surface area contributed by atoms with Crippen LogP contribution in [0.3, 0.4) is 0 Å². The number of non-ortho nitro benzene ring substituents is 1. The summed E-state index contributed by atoms with van der Waals surface area (Å²) in [6.07, 6.45) is 1.42. The number of hydrazone groups is 1. The van der Waals surface area contributed by atoms with Crippen molar-refractivity contribution in [3.63, 3.8) is 0 Å². The lowest BCUT2D eigenvalue weighted by molar-refractivity contribution is -0.384. The van der Waals surface area contributed by atoms with Gasteiger partial charge in [-0.15, -0.1) is 0 Å². The van der Waals surface area contributed by atoms with Crippen molar-refractivity contribution >= 4 is 33.7 Å². The van der Waals surface area contributed by atoms with Crippen molar-refractivity contribution in [2.24, 2.45) is 5.10 Å². The summed E-state index contributed by atoms with van der Waals surface area (Å²) >= 11 is 3.28. The predicted octanol–water partition coefficient (Wildman–Crippen LogP) is 3.12. The van der Waals surface area contributed by atoms with E-state index in [0.717, 1.165) is 4.47 Å². The van der Waals surface area contributed by atoms with Crippen molar-refractivity contribution in [3.05, 3.63) is 74.2 Å². The second-order valence-electron chi connectivity index (χ2n) is 4.05. The van der Waals surface area contributed by atoms with Crippen LogP contribution in [0.1, 0.15) is 15.9 Å². The number of amides is 1. The first kappa shape index (κ1) is 14.9. The molecule has 0 aliphatic heterocycles. The van der Waals surface area contributed by atoms with Gasteiger partial charge in [0.25, 0.3) is 11.6 Å². The first-order valence-corrected chi connectivity index (χ1v) is 6.69. The SMILES string of the molecule is O=C(N/N=C\c1ccc([N+](=O)[O-])cc1)c1ccc(Br)cc1. The Labute approximate surface area is 128 Å². The lowest BCUT2D eigenvalue weighted by Gasteiger charge is -1.99. The Bertz CT molecular complexity index is 682. The minimum atomic E-state index is -0.476. The quantitative estimate of drug-likeness (QED) is 0.523. The van der Waals surface area contributed by atoms with Gasteiger partial charge < -0.3 is 0 Å². The zero-order valence-corrected chi connectivity index (χ0v) is 12.3. The van der Waals surface area contributed by atoms with Crippen molar-refractivity contribution in [1.29, 1.82) is 0 Å². The third kappa shape index (κ3) is 4.22. The molecule has 0 bridgehead atoms. The van der Waals surface area contributed by atoms with Gasteiger partial charge >= 0.3 is 0 Å². The number of hydrogen-bond acceptors (Lipinski definition) is 4. The maximum absolute atomic E-state index is 11.8. The zero-order valence-electron chi connectivity index (χ0n) is 10.7. The molecule has 0 radical (unpaired) electrons. The summed E-state index contributed by atoms with van der Waals surface area (Å²) in [5.41, 5.74) is 3.53. The molecule has 1 N–H and O–H groups in total. The van der Waals surface area contributed by atoms with Gasteiger partial charge in [-0.1, -0.05) is 15.9 Å². The number of nitro groups is 1. The first-order valence-electron chi connectivity index (χ1n) is 5.90. The maximum Gasteiger partial charge on any atom is 0.271 e. The summed E-state index contributed by atoms with van der Waals surface area (Å²) in [6.45, 7) is 0. The molecule has 2 aromatic carbocycles. The fourth-order valence-electron chi connectivity index (χ4n) is 1.51. The van der Waals surface area contributed by atoms with E-state index in [2.05, 4.69) is 26.5 Å². The minimum absolute atomic E-state index is 0.00560. The van der Waals surface area contributed by atoms with E-state index < -0.39 is 4.92 Å². The Morgan fingerprint density at radius 2 is 1.76 bits per heavy atom. The Hall–Kier alpha value is -2.54. The maximum atomic E-state index is 11.8. The summed E-state index contributed by atoms with van der Waals surface area (Å²) in [5, 5.41) is 14.3. The normalized spacial score (nSPS) is 10.5. The second-order valence-corrected chi connectivity index (χ2v) is 4.97. The monoisotopic (exact) mass is 347 g/mol. The van der Waals surface area contributed by atoms with Crippen LogP contribution in [0, 0.1) is 10.1 Å². The summed E-state index contributed by atoms with van der Waals surface area (Å²) < 4.78 is 0.883. The number of hydrogen-bond donors (Lipinski definition) is 1. The Balaban J connectivity index is 1.97. The molecule has 0 spiro atoms. The largest absolute Gasteiger partial charge is 0.271 e. The molecule has 2 rings (SSSR count). The fourth-order valence-corrected chi connectivity index (χ4v) is 1.78. The number of nitrogens with one attached hydrogen (secondary N) is 1. The van der Waals surface area contributed by atoms with Gasteiger partial charge in [-0.25, -0.2) is 5.43 Å². The molecule has 21 heavy (non-hydrogen) atoms. The van der Waals surface area contributed by atoms with E-state index in [1.165, 1.54) is 18.3 Å². The van der Waals surface area contributed by atoms with E-state index >= 15 is 0 Å². The summed E-state index contributed by atoms with van der Waals surface area (Å²) in [6, 6.07) is 12.7. The molecule has 0 heterocycles. The van der Waals surface area contributed by atoms with Crippen LogP contribution in [0.2, 0.25) is 0 Å². The van der Waals surface area contributed by atoms with Gasteiger partial charge in [-0.2, -0.15) is 5.10 Å². The molecule has 7 heteroatoms. The molecule has 0 aliphatic rings. The van der Waals surface area contributed by atoms with Gasteiger partial charge in [-0.05, 0) is 42.0 Å². The molecule has 0 saturated heterocycles. The molecule has 0 aliphatic carbocycles. The van der Waals surface area contributed by atoms with Crippen molar-refractivity contribution < 1.29 is 9.72 Å². The van der Waals surface area contributed by atoms with Gasteiger partial charge in [0.1, 0.15) is 0 Å². The van der Waals surface area contributed by atoms with Crippen molar-refractivity contribution in [3.8, 4) is 0 Å². The van der Waals surface area contributed by atoms with Crippen molar-refractivity contribution in [2.45, 2.75) is 0 Å². The lowest BCUT2D eigenvalue weighted by atomic mass is 10.2. The van der Waals surface area contributed by atoms with Crippen LogP contribution in [-0.2, 0) is 0 Å². The van der Waals surface area contributed by atoms with Crippen LogP contribution in [0.4, 0.5) is 5.69 Å². The molecule has 0 saturated carbocycles. The van der Waals surface area contributed by atoms with Crippen molar-refractivity contribution in [1.82, 2.24) is 5.43 Å². The van der Waals surface area contributed by atoms with Crippen LogP contribution < -0.4 is 5.43 Å². The number of benzene rings is 2. The minimum Gasteiger partial charge on any atom is -0.267 e. The number of halogens is 1. The molecule has 0 fully saturated rings. The van der Waals surface area contributed by atoms with E-state index in [1.807, 2.05) is 0 Å². The number of carbonyl (C=O) groups is 1. The first-order chi connectivity index (χ1) is 10.1. The zero-order chi connectivity index (χ0) is 15.2. The number of nitro benzene ring substituents is 1. The predicted molar refractivity (Wildman–Crippen MR) is 82.3 cm³/mol. The molecule has 0 atom stereocenters. The van der Waals surface area contributed by atoms with E-state index in [-0.39, 0.29) is 11.6 Å². The average molecular weight is 348 g/mol. The highest BCUT2D eigenvalue weighted by atomic mass is 79.9. The Kier molecular flexibility index (Phi) is 4.78. The van der Waals surface area contributed by atoms with Gasteiger partial charge in [0.05, 0.1) is 11.1 Å². The molecule has 2 aromatic rings.